The highest BCUT2D eigenvalue weighted by molar-refractivity contribution is 7.89. The van der Waals surface area contributed by atoms with Gasteiger partial charge in [-0.05, 0) is 48.2 Å². The van der Waals surface area contributed by atoms with Crippen molar-refractivity contribution in [3.63, 3.8) is 0 Å². The van der Waals surface area contributed by atoms with Gasteiger partial charge in [0.25, 0.3) is 0 Å². The standard InChI is InChI=1S/C21H23N3O3S/c22-15-18-5-4-6-19(13-18)16-23-21(25)14-17-7-9-20(10-8-17)28(26,27)24-11-2-1-3-12-24/h4-10,13H,1-3,11-12,14,16H2,(H,23,25). The molecule has 0 bridgehead atoms. The molecule has 0 aliphatic carbocycles. The maximum atomic E-state index is 12.7. The molecule has 1 heterocycles. The molecular formula is C21H23N3O3S. The highest BCUT2D eigenvalue weighted by Crippen LogP contribution is 2.21. The van der Waals surface area contributed by atoms with E-state index in [0.717, 1.165) is 30.4 Å². The van der Waals surface area contributed by atoms with Crippen molar-refractivity contribution >= 4 is 15.9 Å². The summed E-state index contributed by atoms with van der Waals surface area (Å²) in [7, 11) is -3.45. The number of benzene rings is 2. The van der Waals surface area contributed by atoms with Gasteiger partial charge < -0.3 is 5.32 Å². The lowest BCUT2D eigenvalue weighted by atomic mass is 10.1. The van der Waals surface area contributed by atoms with Crippen LogP contribution in [-0.2, 0) is 27.8 Å². The molecule has 7 heteroatoms. The Hall–Kier alpha value is -2.69. The molecule has 1 N–H and O–H groups in total. The van der Waals surface area contributed by atoms with Gasteiger partial charge in [0.1, 0.15) is 0 Å². The molecule has 1 fully saturated rings. The Labute approximate surface area is 165 Å². The van der Waals surface area contributed by atoms with Gasteiger partial charge in [-0.1, -0.05) is 30.7 Å². The van der Waals surface area contributed by atoms with Crippen LogP contribution in [0.4, 0.5) is 0 Å². The third kappa shape index (κ3) is 4.97. The van der Waals surface area contributed by atoms with Crippen LogP contribution in [0.5, 0.6) is 0 Å². The van der Waals surface area contributed by atoms with E-state index in [1.165, 1.54) is 4.31 Å². The van der Waals surface area contributed by atoms with Crippen molar-refractivity contribution in [2.45, 2.75) is 37.1 Å². The zero-order chi connectivity index (χ0) is 20.0. The number of carbonyl (C=O) groups is 1. The fourth-order valence-corrected chi connectivity index (χ4v) is 4.75. The predicted molar refractivity (Wildman–Crippen MR) is 106 cm³/mol. The van der Waals surface area contributed by atoms with Gasteiger partial charge in [-0.2, -0.15) is 9.57 Å². The molecule has 0 spiro atoms. The summed E-state index contributed by atoms with van der Waals surface area (Å²) in [5.74, 6) is -0.158. The molecule has 2 aromatic rings. The number of hydrogen-bond acceptors (Lipinski definition) is 4. The number of sulfonamides is 1. The molecule has 0 saturated carbocycles. The topological polar surface area (TPSA) is 90.3 Å². The molecule has 6 nitrogen and oxygen atoms in total. The number of nitriles is 1. The molecule has 1 saturated heterocycles. The minimum absolute atomic E-state index is 0.158. The van der Waals surface area contributed by atoms with Crippen LogP contribution in [0.2, 0.25) is 0 Å². The number of carbonyl (C=O) groups excluding carboxylic acids is 1. The lowest BCUT2D eigenvalue weighted by molar-refractivity contribution is -0.120. The van der Waals surface area contributed by atoms with E-state index in [9.17, 15) is 13.2 Å². The fraction of sp³-hybridized carbons (Fsp3) is 0.333. The van der Waals surface area contributed by atoms with E-state index in [0.29, 0.717) is 25.2 Å². The first-order valence-corrected chi connectivity index (χ1v) is 10.8. The largest absolute Gasteiger partial charge is 0.352 e. The first-order chi connectivity index (χ1) is 13.5. The number of nitrogens with one attached hydrogen (secondary N) is 1. The van der Waals surface area contributed by atoms with E-state index in [-0.39, 0.29) is 17.2 Å². The second-order valence-electron chi connectivity index (χ2n) is 6.87. The molecule has 3 rings (SSSR count). The van der Waals surface area contributed by atoms with Crippen molar-refractivity contribution in [2.24, 2.45) is 0 Å². The van der Waals surface area contributed by atoms with Crippen molar-refractivity contribution < 1.29 is 13.2 Å². The van der Waals surface area contributed by atoms with Gasteiger partial charge in [0, 0.05) is 19.6 Å². The van der Waals surface area contributed by atoms with Crippen LogP contribution in [0.1, 0.15) is 36.0 Å². The van der Waals surface area contributed by atoms with Crippen molar-refractivity contribution in [1.82, 2.24) is 9.62 Å². The van der Waals surface area contributed by atoms with E-state index in [4.69, 9.17) is 5.26 Å². The zero-order valence-electron chi connectivity index (χ0n) is 15.6. The predicted octanol–water partition coefficient (Wildman–Crippen LogP) is 2.59. The van der Waals surface area contributed by atoms with Crippen molar-refractivity contribution in [3.05, 3.63) is 65.2 Å². The molecule has 2 aromatic carbocycles. The summed E-state index contributed by atoms with van der Waals surface area (Å²) in [6.45, 7) is 1.48. The number of piperidine rings is 1. The van der Waals surface area contributed by atoms with Gasteiger partial charge >= 0.3 is 0 Å². The molecule has 1 aliphatic heterocycles. The normalized spacial score (nSPS) is 15.0. The SMILES string of the molecule is N#Cc1cccc(CNC(=O)Cc2ccc(S(=O)(=O)N3CCCCC3)cc2)c1. The minimum atomic E-state index is -3.45. The Bertz CT molecular complexity index is 973. The monoisotopic (exact) mass is 397 g/mol. The molecule has 28 heavy (non-hydrogen) atoms. The summed E-state index contributed by atoms with van der Waals surface area (Å²) in [5, 5.41) is 11.7. The average Bonchev–Trinajstić information content (AvgIpc) is 2.73. The molecule has 0 aromatic heterocycles. The van der Waals surface area contributed by atoms with Crippen LogP contribution >= 0.6 is 0 Å². The van der Waals surface area contributed by atoms with E-state index in [1.807, 2.05) is 6.07 Å². The zero-order valence-corrected chi connectivity index (χ0v) is 16.4. The van der Waals surface area contributed by atoms with Gasteiger partial charge in [-0.25, -0.2) is 8.42 Å². The molecule has 1 amide bonds. The van der Waals surface area contributed by atoms with E-state index in [1.54, 1.807) is 42.5 Å². The second-order valence-corrected chi connectivity index (χ2v) is 8.81. The third-order valence-electron chi connectivity index (χ3n) is 4.79. The number of nitrogens with zero attached hydrogens (tertiary/aromatic N) is 2. The Balaban J connectivity index is 1.57. The van der Waals surface area contributed by atoms with Crippen LogP contribution in [-0.4, -0.2) is 31.7 Å². The van der Waals surface area contributed by atoms with Crippen LogP contribution < -0.4 is 5.32 Å². The number of rotatable bonds is 6. The average molecular weight is 398 g/mol. The molecule has 0 unspecified atom stereocenters. The van der Waals surface area contributed by atoms with E-state index < -0.39 is 10.0 Å². The smallest absolute Gasteiger partial charge is 0.243 e. The molecule has 146 valence electrons. The third-order valence-corrected chi connectivity index (χ3v) is 6.70. The summed E-state index contributed by atoms with van der Waals surface area (Å²) >= 11 is 0. The van der Waals surface area contributed by atoms with Crippen LogP contribution in [0, 0.1) is 11.3 Å². The first kappa shape index (κ1) is 20.1. The van der Waals surface area contributed by atoms with Gasteiger partial charge in [0.05, 0.1) is 22.9 Å². The molecule has 0 atom stereocenters. The minimum Gasteiger partial charge on any atom is -0.352 e. The summed E-state index contributed by atoms with van der Waals surface area (Å²) in [5.41, 5.74) is 2.16. The van der Waals surface area contributed by atoms with Gasteiger partial charge in [0.2, 0.25) is 15.9 Å². The quantitative estimate of drug-likeness (QED) is 0.811. The Kier molecular flexibility index (Phi) is 6.45. The first-order valence-electron chi connectivity index (χ1n) is 9.34. The summed E-state index contributed by atoms with van der Waals surface area (Å²) in [6, 6.07) is 15.7. The van der Waals surface area contributed by atoms with Crippen LogP contribution in [0.25, 0.3) is 0 Å². The van der Waals surface area contributed by atoms with E-state index in [2.05, 4.69) is 11.4 Å². The highest BCUT2D eigenvalue weighted by Gasteiger charge is 2.25. The van der Waals surface area contributed by atoms with Crippen molar-refractivity contribution in [1.29, 1.82) is 5.26 Å². The van der Waals surface area contributed by atoms with Crippen LogP contribution in [0.15, 0.2) is 53.4 Å². The summed E-state index contributed by atoms with van der Waals surface area (Å²) in [6.07, 6.45) is 3.03. The number of hydrogen-bond donors (Lipinski definition) is 1. The fourth-order valence-electron chi connectivity index (χ4n) is 3.23. The summed E-state index contributed by atoms with van der Waals surface area (Å²) < 4.78 is 26.8. The maximum Gasteiger partial charge on any atom is 0.243 e. The van der Waals surface area contributed by atoms with Gasteiger partial charge in [-0.3, -0.25) is 4.79 Å². The second kappa shape index (κ2) is 9.00. The molecule has 1 aliphatic rings. The lowest BCUT2D eigenvalue weighted by Crippen LogP contribution is -2.35. The molecule has 0 radical (unpaired) electrons. The highest BCUT2D eigenvalue weighted by atomic mass is 32.2. The number of amides is 1. The van der Waals surface area contributed by atoms with Gasteiger partial charge in [-0.15, -0.1) is 0 Å². The lowest BCUT2D eigenvalue weighted by Gasteiger charge is -2.25. The summed E-state index contributed by atoms with van der Waals surface area (Å²) in [4.78, 5) is 12.4. The maximum absolute atomic E-state index is 12.7. The van der Waals surface area contributed by atoms with Crippen molar-refractivity contribution in [2.75, 3.05) is 13.1 Å². The molecular weight excluding hydrogens is 374 g/mol. The Morgan fingerprint density at radius 1 is 1.04 bits per heavy atom. The Morgan fingerprint density at radius 2 is 1.75 bits per heavy atom. The van der Waals surface area contributed by atoms with Crippen LogP contribution in [0.3, 0.4) is 0 Å². The van der Waals surface area contributed by atoms with E-state index >= 15 is 0 Å². The Morgan fingerprint density at radius 3 is 2.43 bits per heavy atom. The van der Waals surface area contributed by atoms with Crippen molar-refractivity contribution in [3.8, 4) is 6.07 Å². The van der Waals surface area contributed by atoms with Gasteiger partial charge in [0.15, 0.2) is 0 Å².